The number of amides is 2. The minimum Gasteiger partial charge on any atom is -0.482 e. The van der Waals surface area contributed by atoms with Crippen molar-refractivity contribution in [3.05, 3.63) is 48.0 Å². The Morgan fingerprint density at radius 3 is 2.43 bits per heavy atom. The van der Waals surface area contributed by atoms with E-state index in [1.54, 1.807) is 25.1 Å². The molecule has 1 atom stereocenters. The number of fused-ring (bicyclic) bond motifs is 1. The minimum atomic E-state index is -0.772. The standard InChI is InChI=1S/C21H23N3O4/c1-13(21(27)22-16-6-8-17(9-7-16)23(3)4)24-18-11-15(14(2)25)5-10-19(18)28-12-20(24)26/h5-11,13H,12H2,1-4H3,(H,22,27). The van der Waals surface area contributed by atoms with E-state index in [1.165, 1.54) is 11.8 Å². The average molecular weight is 381 g/mol. The van der Waals surface area contributed by atoms with Gasteiger partial charge in [0, 0.05) is 31.0 Å². The van der Waals surface area contributed by atoms with Gasteiger partial charge in [-0.2, -0.15) is 0 Å². The lowest BCUT2D eigenvalue weighted by molar-refractivity contribution is -0.125. The van der Waals surface area contributed by atoms with Crippen LogP contribution in [0.5, 0.6) is 5.75 Å². The summed E-state index contributed by atoms with van der Waals surface area (Å²) in [7, 11) is 3.87. The number of anilines is 3. The van der Waals surface area contributed by atoms with Crippen LogP contribution >= 0.6 is 0 Å². The largest absolute Gasteiger partial charge is 0.482 e. The summed E-state index contributed by atoms with van der Waals surface area (Å²) in [5.41, 5.74) is 2.53. The lowest BCUT2D eigenvalue weighted by atomic mass is 10.1. The number of carbonyl (C=O) groups excluding carboxylic acids is 3. The second-order valence-electron chi connectivity index (χ2n) is 6.90. The molecule has 0 saturated heterocycles. The molecule has 1 unspecified atom stereocenters. The molecular formula is C21H23N3O4. The van der Waals surface area contributed by atoms with Gasteiger partial charge >= 0.3 is 0 Å². The van der Waals surface area contributed by atoms with Crippen molar-refractivity contribution in [3.63, 3.8) is 0 Å². The van der Waals surface area contributed by atoms with Crippen molar-refractivity contribution in [2.75, 3.05) is 35.8 Å². The molecule has 1 heterocycles. The molecule has 146 valence electrons. The van der Waals surface area contributed by atoms with Crippen molar-refractivity contribution in [1.82, 2.24) is 0 Å². The summed E-state index contributed by atoms with van der Waals surface area (Å²) in [6, 6.07) is 11.5. The van der Waals surface area contributed by atoms with Gasteiger partial charge in [-0.15, -0.1) is 0 Å². The first-order valence-corrected chi connectivity index (χ1v) is 8.96. The number of benzene rings is 2. The van der Waals surface area contributed by atoms with E-state index in [0.29, 0.717) is 22.7 Å². The van der Waals surface area contributed by atoms with E-state index in [0.717, 1.165) is 5.69 Å². The van der Waals surface area contributed by atoms with Crippen molar-refractivity contribution in [2.45, 2.75) is 19.9 Å². The summed E-state index contributed by atoms with van der Waals surface area (Å²) >= 11 is 0. The maximum atomic E-state index is 12.8. The summed E-state index contributed by atoms with van der Waals surface area (Å²) in [4.78, 5) is 40.3. The van der Waals surface area contributed by atoms with Gasteiger partial charge in [-0.05, 0) is 56.3 Å². The molecule has 0 fully saturated rings. The fraction of sp³-hybridized carbons (Fsp3) is 0.286. The van der Waals surface area contributed by atoms with Crippen LogP contribution in [-0.4, -0.2) is 44.3 Å². The van der Waals surface area contributed by atoms with Gasteiger partial charge in [0.1, 0.15) is 11.8 Å². The zero-order valence-corrected chi connectivity index (χ0v) is 16.4. The second kappa shape index (κ2) is 7.72. The van der Waals surface area contributed by atoms with E-state index < -0.39 is 6.04 Å². The van der Waals surface area contributed by atoms with E-state index in [9.17, 15) is 14.4 Å². The molecule has 0 radical (unpaired) electrons. The molecule has 2 amide bonds. The van der Waals surface area contributed by atoms with Crippen molar-refractivity contribution in [2.24, 2.45) is 0 Å². The highest BCUT2D eigenvalue weighted by Crippen LogP contribution is 2.34. The number of ether oxygens (including phenoxy) is 1. The monoisotopic (exact) mass is 381 g/mol. The summed E-state index contributed by atoms with van der Waals surface area (Å²) in [5.74, 6) is -0.315. The lowest BCUT2D eigenvalue weighted by Gasteiger charge is -2.33. The Kier molecular flexibility index (Phi) is 5.35. The Hall–Kier alpha value is -3.35. The molecule has 1 aliphatic rings. The first kappa shape index (κ1) is 19.4. The highest BCUT2D eigenvalue weighted by molar-refractivity contribution is 6.07. The molecule has 0 spiro atoms. The SMILES string of the molecule is CC(=O)c1ccc2c(c1)N(C(C)C(=O)Nc1ccc(N(C)C)cc1)C(=O)CO2. The van der Waals surface area contributed by atoms with Crippen LogP contribution < -0.4 is 19.9 Å². The van der Waals surface area contributed by atoms with E-state index >= 15 is 0 Å². The highest BCUT2D eigenvalue weighted by atomic mass is 16.5. The quantitative estimate of drug-likeness (QED) is 0.806. The van der Waals surface area contributed by atoms with Crippen LogP contribution in [0.3, 0.4) is 0 Å². The Morgan fingerprint density at radius 2 is 1.82 bits per heavy atom. The van der Waals surface area contributed by atoms with Gasteiger partial charge in [-0.25, -0.2) is 0 Å². The molecule has 1 N–H and O–H groups in total. The third-order valence-electron chi connectivity index (χ3n) is 4.66. The van der Waals surface area contributed by atoms with Crippen LogP contribution in [0.25, 0.3) is 0 Å². The predicted octanol–water partition coefficient (Wildman–Crippen LogP) is 2.71. The number of hydrogen-bond donors (Lipinski definition) is 1. The minimum absolute atomic E-state index is 0.126. The predicted molar refractivity (Wildman–Crippen MR) is 108 cm³/mol. The number of ketones is 1. The van der Waals surface area contributed by atoms with Crippen molar-refractivity contribution >= 4 is 34.7 Å². The fourth-order valence-electron chi connectivity index (χ4n) is 3.02. The topological polar surface area (TPSA) is 79.0 Å². The normalized spacial score (nSPS) is 14.0. The molecule has 0 bridgehead atoms. The van der Waals surface area contributed by atoms with Gasteiger partial charge in [0.2, 0.25) is 5.91 Å². The summed E-state index contributed by atoms with van der Waals surface area (Å²) in [6.45, 7) is 2.95. The average Bonchev–Trinajstić information content (AvgIpc) is 2.67. The van der Waals surface area contributed by atoms with Crippen LogP contribution in [0.4, 0.5) is 17.1 Å². The molecule has 0 saturated carbocycles. The second-order valence-corrected chi connectivity index (χ2v) is 6.90. The van der Waals surface area contributed by atoms with Gasteiger partial charge in [-0.3, -0.25) is 19.3 Å². The summed E-state index contributed by atoms with van der Waals surface area (Å²) in [5, 5.41) is 2.83. The van der Waals surface area contributed by atoms with Gasteiger partial charge in [0.25, 0.3) is 5.91 Å². The smallest absolute Gasteiger partial charge is 0.265 e. The van der Waals surface area contributed by atoms with Gasteiger partial charge in [0.05, 0.1) is 5.69 Å². The first-order chi connectivity index (χ1) is 13.3. The van der Waals surface area contributed by atoms with Gasteiger partial charge < -0.3 is 15.0 Å². The Balaban J connectivity index is 1.84. The summed E-state index contributed by atoms with van der Waals surface area (Å²) in [6.07, 6.45) is 0. The maximum absolute atomic E-state index is 12.8. The zero-order valence-electron chi connectivity index (χ0n) is 16.4. The van der Waals surface area contributed by atoms with Gasteiger partial charge in [0.15, 0.2) is 12.4 Å². The molecule has 1 aliphatic heterocycles. The number of carbonyl (C=O) groups is 3. The number of Topliss-reactive ketones (excluding diaryl/α,β-unsaturated/α-hetero) is 1. The molecule has 28 heavy (non-hydrogen) atoms. The highest BCUT2D eigenvalue weighted by Gasteiger charge is 2.33. The third kappa shape index (κ3) is 3.83. The Labute approximate surface area is 163 Å². The number of nitrogens with one attached hydrogen (secondary N) is 1. The van der Waals surface area contributed by atoms with Gasteiger partial charge in [-0.1, -0.05) is 0 Å². The van der Waals surface area contributed by atoms with E-state index in [2.05, 4.69) is 5.32 Å². The number of nitrogens with zero attached hydrogens (tertiary/aromatic N) is 2. The molecule has 0 aromatic heterocycles. The first-order valence-electron chi connectivity index (χ1n) is 8.96. The van der Waals surface area contributed by atoms with Crippen molar-refractivity contribution < 1.29 is 19.1 Å². The molecule has 0 aliphatic carbocycles. The van der Waals surface area contributed by atoms with Crippen LogP contribution in [-0.2, 0) is 9.59 Å². The summed E-state index contributed by atoms with van der Waals surface area (Å²) < 4.78 is 5.45. The van der Waals surface area contributed by atoms with E-state index in [-0.39, 0.29) is 24.2 Å². The van der Waals surface area contributed by atoms with Crippen LogP contribution in [0.1, 0.15) is 24.2 Å². The molecule has 3 rings (SSSR count). The molecular weight excluding hydrogens is 358 g/mol. The lowest BCUT2D eigenvalue weighted by Crippen LogP contribution is -2.49. The number of hydrogen-bond acceptors (Lipinski definition) is 5. The van der Waals surface area contributed by atoms with E-state index in [1.807, 2.05) is 43.3 Å². The van der Waals surface area contributed by atoms with Crippen molar-refractivity contribution in [1.29, 1.82) is 0 Å². The van der Waals surface area contributed by atoms with E-state index in [4.69, 9.17) is 4.74 Å². The molecule has 2 aromatic carbocycles. The number of rotatable bonds is 5. The zero-order chi connectivity index (χ0) is 20.4. The fourth-order valence-corrected chi connectivity index (χ4v) is 3.02. The van der Waals surface area contributed by atoms with Crippen molar-refractivity contribution in [3.8, 4) is 5.75 Å². The maximum Gasteiger partial charge on any atom is 0.265 e. The molecule has 7 heteroatoms. The van der Waals surface area contributed by atoms with Crippen LogP contribution in [0.15, 0.2) is 42.5 Å². The van der Waals surface area contributed by atoms with Crippen LogP contribution in [0, 0.1) is 0 Å². The third-order valence-corrected chi connectivity index (χ3v) is 4.66. The Morgan fingerprint density at radius 1 is 1.14 bits per heavy atom. The molecule has 2 aromatic rings. The Bertz CT molecular complexity index is 922. The molecule has 7 nitrogen and oxygen atoms in total. The van der Waals surface area contributed by atoms with Crippen LogP contribution in [0.2, 0.25) is 0 Å².